The third kappa shape index (κ3) is 5.95. The van der Waals surface area contributed by atoms with Gasteiger partial charge >= 0.3 is 5.97 Å². The Morgan fingerprint density at radius 3 is 2.70 bits per heavy atom. The first-order valence-corrected chi connectivity index (χ1v) is 11.8. The van der Waals surface area contributed by atoms with E-state index in [1.54, 1.807) is 0 Å². The summed E-state index contributed by atoms with van der Waals surface area (Å²) in [5.41, 5.74) is 1.30. The van der Waals surface area contributed by atoms with Crippen LogP contribution in [0.1, 0.15) is 72.6 Å². The molecule has 0 bridgehead atoms. The molecule has 0 saturated carbocycles. The van der Waals surface area contributed by atoms with E-state index >= 15 is 0 Å². The maximum absolute atomic E-state index is 11.7. The van der Waals surface area contributed by atoms with E-state index < -0.39 is 12.2 Å². The fraction of sp³-hybridized carbons (Fsp3) is 0.800. The molecule has 1 aliphatic heterocycles. The Hall–Kier alpha value is -1.17. The second-order valence-corrected chi connectivity index (χ2v) is 10.4. The van der Waals surface area contributed by atoms with Crippen LogP contribution in [0.3, 0.4) is 0 Å². The Labute approximate surface area is 181 Å². The zero-order chi connectivity index (χ0) is 21.9. The molecule has 0 aromatic carbocycles. The molecule has 0 unspecified atom stereocenters. The third-order valence-electron chi connectivity index (χ3n) is 7.05. The van der Waals surface area contributed by atoms with Crippen LogP contribution in [0.5, 0.6) is 0 Å². The number of allylic oxidation sites excluding steroid dienone is 2. The van der Waals surface area contributed by atoms with Crippen molar-refractivity contribution in [2.45, 2.75) is 97.1 Å². The molecule has 3 rings (SSSR count). The van der Waals surface area contributed by atoms with Crippen molar-refractivity contribution in [3.8, 4) is 0 Å². The van der Waals surface area contributed by atoms with Gasteiger partial charge in [-0.15, -0.1) is 0 Å². The topological polar surface area (TPSA) is 76.0 Å². The molecular formula is C25H40O5. The van der Waals surface area contributed by atoms with E-state index in [0.29, 0.717) is 31.3 Å². The molecule has 0 radical (unpaired) electrons. The first-order valence-electron chi connectivity index (χ1n) is 11.8. The van der Waals surface area contributed by atoms with E-state index in [-0.39, 0.29) is 35.9 Å². The van der Waals surface area contributed by atoms with Crippen LogP contribution in [-0.2, 0) is 14.3 Å². The molecule has 30 heavy (non-hydrogen) atoms. The Morgan fingerprint density at radius 1 is 1.23 bits per heavy atom. The van der Waals surface area contributed by atoms with Gasteiger partial charge in [-0.3, -0.25) is 4.79 Å². The van der Waals surface area contributed by atoms with Crippen molar-refractivity contribution < 1.29 is 24.5 Å². The molecule has 5 nitrogen and oxygen atoms in total. The fourth-order valence-corrected chi connectivity index (χ4v) is 5.53. The lowest BCUT2D eigenvalue weighted by Crippen LogP contribution is -2.43. The average Bonchev–Trinajstić information content (AvgIpc) is 2.65. The minimum absolute atomic E-state index is 0.00646. The summed E-state index contributed by atoms with van der Waals surface area (Å²) >= 11 is 0. The average molecular weight is 421 g/mol. The summed E-state index contributed by atoms with van der Waals surface area (Å²) in [4.78, 5) is 11.7. The number of aliphatic hydroxyl groups is 2. The number of hydrogen-bond donors (Lipinski definition) is 2. The molecular weight excluding hydrogens is 380 g/mol. The van der Waals surface area contributed by atoms with E-state index in [9.17, 15) is 15.0 Å². The van der Waals surface area contributed by atoms with Gasteiger partial charge in [0.05, 0.1) is 31.3 Å². The second-order valence-electron chi connectivity index (χ2n) is 10.4. The Bertz CT molecular complexity index is 652. The molecule has 0 amide bonds. The normalized spacial score (nSPS) is 36.8. The van der Waals surface area contributed by atoms with Gasteiger partial charge in [0, 0.05) is 18.8 Å². The highest BCUT2D eigenvalue weighted by Crippen LogP contribution is 2.44. The van der Waals surface area contributed by atoms with E-state index in [1.165, 1.54) is 5.57 Å². The quantitative estimate of drug-likeness (QED) is 0.576. The minimum atomic E-state index is -0.586. The van der Waals surface area contributed by atoms with E-state index in [2.05, 4.69) is 39.8 Å². The Morgan fingerprint density at radius 2 is 2.00 bits per heavy atom. The summed E-state index contributed by atoms with van der Waals surface area (Å²) < 4.78 is 12.0. The number of rotatable bonds is 8. The van der Waals surface area contributed by atoms with Crippen LogP contribution >= 0.6 is 0 Å². The molecule has 7 atom stereocenters. The molecule has 0 aromatic heterocycles. The molecule has 1 saturated heterocycles. The van der Waals surface area contributed by atoms with Crippen molar-refractivity contribution in [2.75, 3.05) is 6.61 Å². The predicted octanol–water partition coefficient (Wildman–Crippen LogP) is 4.17. The number of aliphatic hydroxyl groups excluding tert-OH is 2. The maximum Gasteiger partial charge on any atom is 0.308 e. The number of hydrogen-bond acceptors (Lipinski definition) is 5. The van der Waals surface area contributed by atoms with E-state index in [1.807, 2.05) is 6.08 Å². The van der Waals surface area contributed by atoms with Crippen molar-refractivity contribution in [2.24, 2.45) is 23.2 Å². The fourth-order valence-electron chi connectivity index (χ4n) is 5.53. The standard InChI is InChI=1S/C25H40O5/c1-5-10-25(3,4)15-29-22-13-18(26)11-17-7-6-16(2)21(24(17)22)9-8-20-12-19(27)14-23(28)30-20/h6-7,11,16,18-22,24,26-27H,5,8-10,12-15H2,1-4H3/t16-,18-,19-,20-,21+,22+,24+/m1/s1. The van der Waals surface area contributed by atoms with Crippen LogP contribution in [0, 0.1) is 23.2 Å². The lowest BCUT2D eigenvalue weighted by atomic mass is 9.66. The lowest BCUT2D eigenvalue weighted by Gasteiger charge is -2.44. The van der Waals surface area contributed by atoms with Crippen molar-refractivity contribution >= 4 is 5.97 Å². The van der Waals surface area contributed by atoms with Crippen molar-refractivity contribution in [3.05, 3.63) is 23.8 Å². The number of carbonyl (C=O) groups is 1. The van der Waals surface area contributed by atoms with E-state index in [4.69, 9.17) is 9.47 Å². The number of ether oxygens (including phenoxy) is 2. The van der Waals surface area contributed by atoms with Gasteiger partial charge in [0.1, 0.15) is 6.10 Å². The molecule has 2 N–H and O–H groups in total. The molecule has 1 heterocycles. The van der Waals surface area contributed by atoms with Gasteiger partial charge in [-0.05, 0) is 42.1 Å². The summed E-state index contributed by atoms with van der Waals surface area (Å²) in [6.07, 6.45) is 10.3. The van der Waals surface area contributed by atoms with Gasteiger partial charge in [-0.2, -0.15) is 0 Å². The van der Waals surface area contributed by atoms with Gasteiger partial charge in [0.25, 0.3) is 0 Å². The Balaban J connectivity index is 1.70. The molecule has 3 aliphatic rings. The van der Waals surface area contributed by atoms with Crippen LogP contribution in [0.25, 0.3) is 0 Å². The minimum Gasteiger partial charge on any atom is -0.462 e. The summed E-state index contributed by atoms with van der Waals surface area (Å²) in [6, 6.07) is 0. The summed E-state index contributed by atoms with van der Waals surface area (Å²) in [7, 11) is 0. The first kappa shape index (κ1) is 23.5. The summed E-state index contributed by atoms with van der Waals surface area (Å²) in [5.74, 6) is 0.707. The zero-order valence-electron chi connectivity index (χ0n) is 19.0. The van der Waals surface area contributed by atoms with Crippen molar-refractivity contribution in [1.29, 1.82) is 0 Å². The molecule has 0 spiro atoms. The van der Waals surface area contributed by atoms with Crippen LogP contribution in [0.4, 0.5) is 0 Å². The smallest absolute Gasteiger partial charge is 0.308 e. The SMILES string of the molecule is CCCC(C)(C)CO[C@H]1C[C@H](O)C=C2C=C[C@@H](C)[C@H](CC[C@@H]3C[C@@H](O)CC(=O)O3)[C@H]21. The monoisotopic (exact) mass is 420 g/mol. The predicted molar refractivity (Wildman–Crippen MR) is 117 cm³/mol. The van der Waals surface area contributed by atoms with Crippen LogP contribution in [0.2, 0.25) is 0 Å². The van der Waals surface area contributed by atoms with Crippen LogP contribution in [-0.4, -0.2) is 47.2 Å². The van der Waals surface area contributed by atoms with Crippen LogP contribution in [0.15, 0.2) is 23.8 Å². The highest BCUT2D eigenvalue weighted by Gasteiger charge is 2.41. The number of esters is 1. The number of fused-ring (bicyclic) bond motifs is 1. The molecule has 2 aliphatic carbocycles. The third-order valence-corrected chi connectivity index (χ3v) is 7.05. The van der Waals surface area contributed by atoms with E-state index in [0.717, 1.165) is 25.7 Å². The zero-order valence-corrected chi connectivity index (χ0v) is 19.0. The summed E-state index contributed by atoms with van der Waals surface area (Å²) in [5, 5.41) is 20.3. The number of carbonyl (C=O) groups excluding carboxylic acids is 1. The molecule has 1 fully saturated rings. The largest absolute Gasteiger partial charge is 0.462 e. The maximum atomic E-state index is 11.7. The molecule has 0 aromatic rings. The molecule has 170 valence electrons. The van der Waals surface area contributed by atoms with Gasteiger partial charge < -0.3 is 19.7 Å². The Kier molecular flexibility index (Phi) is 7.81. The highest BCUT2D eigenvalue weighted by atomic mass is 16.5. The van der Waals surface area contributed by atoms with Crippen molar-refractivity contribution in [1.82, 2.24) is 0 Å². The first-order chi connectivity index (χ1) is 14.2. The van der Waals surface area contributed by atoms with Gasteiger partial charge in [0.15, 0.2) is 0 Å². The van der Waals surface area contributed by atoms with Gasteiger partial charge in [0.2, 0.25) is 0 Å². The van der Waals surface area contributed by atoms with Gasteiger partial charge in [-0.25, -0.2) is 0 Å². The lowest BCUT2D eigenvalue weighted by molar-refractivity contribution is -0.160. The number of cyclic esters (lactones) is 1. The van der Waals surface area contributed by atoms with Crippen LogP contribution < -0.4 is 0 Å². The van der Waals surface area contributed by atoms with Crippen molar-refractivity contribution in [3.63, 3.8) is 0 Å². The molecule has 5 heteroatoms. The summed E-state index contributed by atoms with van der Waals surface area (Å²) in [6.45, 7) is 9.62. The van der Waals surface area contributed by atoms with Gasteiger partial charge in [-0.1, -0.05) is 52.3 Å². The second kappa shape index (κ2) is 9.97. The highest BCUT2D eigenvalue weighted by molar-refractivity contribution is 5.70.